The van der Waals surface area contributed by atoms with Gasteiger partial charge in [-0.2, -0.15) is 11.8 Å². The van der Waals surface area contributed by atoms with Gasteiger partial charge in [0.25, 0.3) is 0 Å². The summed E-state index contributed by atoms with van der Waals surface area (Å²) in [6, 6.07) is 0. The molecule has 0 aliphatic carbocycles. The summed E-state index contributed by atoms with van der Waals surface area (Å²) in [6.07, 6.45) is 2.07. The Morgan fingerprint density at radius 3 is 2.90 bits per heavy atom. The van der Waals surface area contributed by atoms with Gasteiger partial charge in [0.15, 0.2) is 0 Å². The van der Waals surface area contributed by atoms with Crippen molar-refractivity contribution in [1.82, 2.24) is 5.32 Å². The van der Waals surface area contributed by atoms with Crippen molar-refractivity contribution in [2.75, 3.05) is 25.1 Å². The van der Waals surface area contributed by atoms with Crippen LogP contribution in [-0.4, -0.2) is 25.1 Å². The molecule has 0 saturated heterocycles. The lowest BCUT2D eigenvalue weighted by Gasteiger charge is -1.99. The molecule has 0 aromatic rings. The molecule has 10 heavy (non-hydrogen) atoms. The topological polar surface area (TPSA) is 12.0 Å². The highest BCUT2D eigenvalue weighted by molar-refractivity contribution is 7.98. The molecule has 0 heterocycles. The van der Waals surface area contributed by atoms with Gasteiger partial charge in [-0.05, 0) is 6.26 Å². The van der Waals surface area contributed by atoms with Gasteiger partial charge in [-0.1, -0.05) is 23.2 Å². The first-order valence-electron chi connectivity index (χ1n) is 2.95. The standard InChI is InChI=1S/C6H11Cl2NS/c1-10-3-2-9-5-6(8)4-7/h4,9H,2-3,5H2,1H3. The van der Waals surface area contributed by atoms with Crippen molar-refractivity contribution >= 4 is 35.0 Å². The van der Waals surface area contributed by atoms with Crippen molar-refractivity contribution in [3.05, 3.63) is 10.6 Å². The van der Waals surface area contributed by atoms with E-state index in [0.29, 0.717) is 11.6 Å². The second-order valence-electron chi connectivity index (χ2n) is 1.73. The van der Waals surface area contributed by atoms with Crippen LogP contribution in [0.5, 0.6) is 0 Å². The second-order valence-corrected chi connectivity index (χ2v) is 3.41. The number of rotatable bonds is 5. The van der Waals surface area contributed by atoms with Gasteiger partial charge in [-0.25, -0.2) is 0 Å². The Hall–Kier alpha value is 0.630. The van der Waals surface area contributed by atoms with E-state index >= 15 is 0 Å². The first kappa shape index (κ1) is 10.6. The summed E-state index contributed by atoms with van der Waals surface area (Å²) in [6.45, 7) is 1.65. The molecule has 0 aromatic carbocycles. The Bertz CT molecular complexity index is 106. The van der Waals surface area contributed by atoms with Gasteiger partial charge < -0.3 is 5.32 Å². The van der Waals surface area contributed by atoms with E-state index in [1.165, 1.54) is 5.54 Å². The van der Waals surface area contributed by atoms with Crippen molar-refractivity contribution in [2.45, 2.75) is 0 Å². The molecule has 0 fully saturated rings. The molecular weight excluding hydrogens is 189 g/mol. The molecule has 60 valence electrons. The van der Waals surface area contributed by atoms with Gasteiger partial charge in [0.2, 0.25) is 0 Å². The summed E-state index contributed by atoms with van der Waals surface area (Å²) in [5.74, 6) is 1.10. The van der Waals surface area contributed by atoms with Crippen LogP contribution in [0.3, 0.4) is 0 Å². The third-order valence-electron chi connectivity index (χ3n) is 0.895. The quantitative estimate of drug-likeness (QED) is 0.683. The lowest BCUT2D eigenvalue weighted by molar-refractivity contribution is 0.800. The molecule has 0 saturated carbocycles. The number of nitrogens with one attached hydrogen (secondary N) is 1. The zero-order chi connectivity index (χ0) is 7.82. The minimum Gasteiger partial charge on any atom is -0.311 e. The average Bonchev–Trinajstić information content (AvgIpc) is 1.98. The highest BCUT2D eigenvalue weighted by Crippen LogP contribution is 2.00. The molecule has 4 heteroatoms. The molecule has 0 spiro atoms. The van der Waals surface area contributed by atoms with Crippen LogP contribution in [0.4, 0.5) is 0 Å². The lowest BCUT2D eigenvalue weighted by atomic mass is 10.6. The van der Waals surface area contributed by atoms with Crippen LogP contribution < -0.4 is 5.32 Å². The molecule has 1 N–H and O–H groups in total. The van der Waals surface area contributed by atoms with E-state index in [-0.39, 0.29) is 0 Å². The van der Waals surface area contributed by atoms with E-state index in [0.717, 1.165) is 12.3 Å². The third kappa shape index (κ3) is 6.75. The van der Waals surface area contributed by atoms with E-state index in [1.54, 1.807) is 11.8 Å². The Labute approximate surface area is 76.2 Å². The van der Waals surface area contributed by atoms with Crippen LogP contribution in [0.1, 0.15) is 0 Å². The van der Waals surface area contributed by atoms with Crippen LogP contribution >= 0.6 is 35.0 Å². The molecular formula is C6H11Cl2NS. The molecule has 0 aliphatic heterocycles. The van der Waals surface area contributed by atoms with Gasteiger partial charge in [0.05, 0.1) is 0 Å². The Balaban J connectivity index is 3.04. The second kappa shape index (κ2) is 7.73. The highest BCUT2D eigenvalue weighted by Gasteiger charge is 1.89. The van der Waals surface area contributed by atoms with Gasteiger partial charge in [-0.15, -0.1) is 0 Å². The van der Waals surface area contributed by atoms with Crippen LogP contribution in [0.25, 0.3) is 0 Å². The first-order valence-corrected chi connectivity index (χ1v) is 5.16. The lowest BCUT2D eigenvalue weighted by Crippen LogP contribution is -2.18. The summed E-state index contributed by atoms with van der Waals surface area (Å²) in [4.78, 5) is 0. The average molecular weight is 200 g/mol. The number of hydrogen-bond acceptors (Lipinski definition) is 2. The van der Waals surface area contributed by atoms with Crippen molar-refractivity contribution in [3.8, 4) is 0 Å². The fourth-order valence-electron chi connectivity index (χ4n) is 0.421. The minimum atomic E-state index is 0.655. The monoisotopic (exact) mass is 199 g/mol. The van der Waals surface area contributed by atoms with Gasteiger partial charge in [0, 0.05) is 29.4 Å². The zero-order valence-electron chi connectivity index (χ0n) is 5.86. The van der Waals surface area contributed by atoms with Gasteiger partial charge in [0.1, 0.15) is 0 Å². The fourth-order valence-corrected chi connectivity index (χ4v) is 0.941. The Morgan fingerprint density at radius 1 is 1.70 bits per heavy atom. The molecule has 1 nitrogen and oxygen atoms in total. The van der Waals surface area contributed by atoms with Crippen LogP contribution in [0.15, 0.2) is 10.6 Å². The molecule has 0 aliphatic rings. The van der Waals surface area contributed by atoms with Crippen LogP contribution in [0.2, 0.25) is 0 Å². The summed E-state index contributed by atoms with van der Waals surface area (Å²) < 4.78 is 0. The molecule has 0 radical (unpaired) electrons. The summed E-state index contributed by atoms with van der Waals surface area (Å²) >= 11 is 12.7. The Morgan fingerprint density at radius 2 is 2.40 bits per heavy atom. The van der Waals surface area contributed by atoms with Crippen molar-refractivity contribution in [2.24, 2.45) is 0 Å². The molecule has 0 atom stereocenters. The maximum atomic E-state index is 5.60. The summed E-state index contributed by atoms with van der Waals surface area (Å²) in [7, 11) is 0. The first-order chi connectivity index (χ1) is 4.81. The fraction of sp³-hybridized carbons (Fsp3) is 0.667. The molecule has 0 bridgehead atoms. The van der Waals surface area contributed by atoms with Crippen molar-refractivity contribution < 1.29 is 0 Å². The van der Waals surface area contributed by atoms with Crippen LogP contribution in [0, 0.1) is 0 Å². The predicted molar refractivity (Wildman–Crippen MR) is 51.0 cm³/mol. The van der Waals surface area contributed by atoms with Gasteiger partial charge in [-0.3, -0.25) is 0 Å². The van der Waals surface area contributed by atoms with E-state index < -0.39 is 0 Å². The van der Waals surface area contributed by atoms with Crippen LogP contribution in [-0.2, 0) is 0 Å². The number of hydrogen-bond donors (Lipinski definition) is 1. The van der Waals surface area contributed by atoms with Crippen molar-refractivity contribution in [1.29, 1.82) is 0 Å². The van der Waals surface area contributed by atoms with E-state index in [1.807, 2.05) is 0 Å². The molecule has 0 unspecified atom stereocenters. The third-order valence-corrected chi connectivity index (χ3v) is 2.13. The highest BCUT2D eigenvalue weighted by atomic mass is 35.5. The van der Waals surface area contributed by atoms with E-state index in [4.69, 9.17) is 23.2 Å². The van der Waals surface area contributed by atoms with Crippen molar-refractivity contribution in [3.63, 3.8) is 0 Å². The number of thioether (sulfide) groups is 1. The minimum absolute atomic E-state index is 0.655. The molecule has 0 rings (SSSR count). The molecule has 0 amide bonds. The normalized spacial score (nSPS) is 12.1. The smallest absolute Gasteiger partial charge is 0.0431 e. The molecule has 0 aromatic heterocycles. The van der Waals surface area contributed by atoms with E-state index in [2.05, 4.69) is 11.6 Å². The summed E-state index contributed by atoms with van der Waals surface area (Å²) in [5, 5.41) is 3.79. The maximum absolute atomic E-state index is 5.60. The number of halogens is 2. The predicted octanol–water partition coefficient (Wildman–Crippen LogP) is 2.26. The largest absolute Gasteiger partial charge is 0.311 e. The maximum Gasteiger partial charge on any atom is 0.0431 e. The SMILES string of the molecule is CSCCNCC(Cl)=CCl. The zero-order valence-corrected chi connectivity index (χ0v) is 8.19. The summed E-state index contributed by atoms with van der Waals surface area (Å²) in [5.41, 5.74) is 1.38. The van der Waals surface area contributed by atoms with E-state index in [9.17, 15) is 0 Å². The Kier molecular flexibility index (Phi) is 8.22. The van der Waals surface area contributed by atoms with Gasteiger partial charge >= 0.3 is 0 Å².